The van der Waals surface area contributed by atoms with Crippen LogP contribution in [0.2, 0.25) is 0 Å². The van der Waals surface area contributed by atoms with E-state index in [4.69, 9.17) is 4.74 Å². The maximum absolute atomic E-state index is 12.7. The van der Waals surface area contributed by atoms with Gasteiger partial charge in [-0.1, -0.05) is 24.3 Å². The van der Waals surface area contributed by atoms with Gasteiger partial charge in [0.1, 0.15) is 6.54 Å². The van der Waals surface area contributed by atoms with Gasteiger partial charge >= 0.3 is 0 Å². The molecule has 0 bridgehead atoms. The SMILES string of the molecule is O=C(CN1C(=O)c2cccc3cccc(c23)C1=O)NC[C@@H]1CCCO1. The van der Waals surface area contributed by atoms with Crippen LogP contribution in [-0.2, 0) is 9.53 Å². The molecule has 0 aliphatic carbocycles. The Kier molecular flexibility index (Phi) is 3.97. The number of ether oxygens (including phenoxy) is 1. The number of nitrogens with one attached hydrogen (secondary N) is 1. The summed E-state index contributed by atoms with van der Waals surface area (Å²) in [6.45, 7) is 0.834. The lowest BCUT2D eigenvalue weighted by Gasteiger charge is -2.26. The van der Waals surface area contributed by atoms with Crippen LogP contribution in [0.3, 0.4) is 0 Å². The maximum Gasteiger partial charge on any atom is 0.261 e. The Labute approximate surface area is 144 Å². The average molecular weight is 338 g/mol. The lowest BCUT2D eigenvalue weighted by Crippen LogP contribution is -2.47. The lowest BCUT2D eigenvalue weighted by atomic mass is 9.94. The fourth-order valence-electron chi connectivity index (χ4n) is 3.46. The second-order valence-corrected chi connectivity index (χ2v) is 6.34. The van der Waals surface area contributed by atoms with Gasteiger partial charge in [0, 0.05) is 29.7 Å². The highest BCUT2D eigenvalue weighted by Crippen LogP contribution is 2.29. The zero-order chi connectivity index (χ0) is 17.4. The average Bonchev–Trinajstić information content (AvgIpc) is 3.15. The van der Waals surface area contributed by atoms with Crippen LogP contribution in [0.4, 0.5) is 0 Å². The van der Waals surface area contributed by atoms with E-state index < -0.39 is 11.8 Å². The highest BCUT2D eigenvalue weighted by molar-refractivity contribution is 6.26. The molecule has 1 atom stereocenters. The number of nitrogens with zero attached hydrogens (tertiary/aromatic N) is 1. The third-order valence-electron chi connectivity index (χ3n) is 4.71. The molecule has 2 aromatic rings. The number of carbonyl (C=O) groups excluding carboxylic acids is 3. The van der Waals surface area contributed by atoms with E-state index in [-0.39, 0.29) is 18.6 Å². The van der Waals surface area contributed by atoms with E-state index in [0.717, 1.165) is 23.1 Å². The second-order valence-electron chi connectivity index (χ2n) is 6.34. The molecule has 3 amide bonds. The summed E-state index contributed by atoms with van der Waals surface area (Å²) in [5.74, 6) is -1.22. The molecule has 1 saturated heterocycles. The molecule has 6 nitrogen and oxygen atoms in total. The van der Waals surface area contributed by atoms with Crippen molar-refractivity contribution in [2.45, 2.75) is 18.9 Å². The predicted molar refractivity (Wildman–Crippen MR) is 91.3 cm³/mol. The molecule has 6 heteroatoms. The Morgan fingerprint density at radius 2 is 1.80 bits per heavy atom. The quantitative estimate of drug-likeness (QED) is 0.862. The van der Waals surface area contributed by atoms with Gasteiger partial charge in [0.2, 0.25) is 5.91 Å². The van der Waals surface area contributed by atoms with Crippen molar-refractivity contribution in [2.24, 2.45) is 0 Å². The molecular formula is C19H18N2O4. The molecule has 2 aromatic carbocycles. The summed E-state index contributed by atoms with van der Waals surface area (Å²) in [6, 6.07) is 10.7. The first kappa shape index (κ1) is 15.8. The minimum absolute atomic E-state index is 0.0196. The van der Waals surface area contributed by atoms with Gasteiger partial charge in [0.25, 0.3) is 11.8 Å². The van der Waals surface area contributed by atoms with Crippen molar-refractivity contribution in [3.63, 3.8) is 0 Å². The Balaban J connectivity index is 1.54. The predicted octanol–water partition coefficient (Wildman–Crippen LogP) is 1.73. The lowest BCUT2D eigenvalue weighted by molar-refractivity contribution is -0.121. The van der Waals surface area contributed by atoms with Crippen LogP contribution in [-0.4, -0.2) is 48.4 Å². The molecule has 2 aliphatic rings. The van der Waals surface area contributed by atoms with Gasteiger partial charge in [-0.05, 0) is 30.4 Å². The minimum atomic E-state index is -0.429. The molecule has 2 aliphatic heterocycles. The third kappa shape index (κ3) is 2.78. The van der Waals surface area contributed by atoms with Crippen molar-refractivity contribution in [2.75, 3.05) is 19.7 Å². The number of hydrogen-bond donors (Lipinski definition) is 1. The zero-order valence-electron chi connectivity index (χ0n) is 13.7. The summed E-state index contributed by atoms with van der Waals surface area (Å²) in [4.78, 5) is 38.6. The zero-order valence-corrected chi connectivity index (χ0v) is 13.7. The van der Waals surface area contributed by atoms with Crippen LogP contribution < -0.4 is 5.32 Å². The molecule has 0 radical (unpaired) electrons. The Bertz CT molecular complexity index is 820. The van der Waals surface area contributed by atoms with Crippen molar-refractivity contribution in [1.82, 2.24) is 10.2 Å². The summed E-state index contributed by atoms with van der Waals surface area (Å²) in [7, 11) is 0. The fourth-order valence-corrected chi connectivity index (χ4v) is 3.46. The van der Waals surface area contributed by atoms with E-state index in [0.29, 0.717) is 29.7 Å². The number of imide groups is 1. The van der Waals surface area contributed by atoms with Crippen molar-refractivity contribution in [3.8, 4) is 0 Å². The summed E-state index contributed by atoms with van der Waals surface area (Å²) in [5.41, 5.74) is 0.916. The number of carbonyl (C=O) groups is 3. The third-order valence-corrected chi connectivity index (χ3v) is 4.71. The molecule has 0 aromatic heterocycles. The molecule has 25 heavy (non-hydrogen) atoms. The van der Waals surface area contributed by atoms with E-state index in [2.05, 4.69) is 5.32 Å². The highest BCUT2D eigenvalue weighted by atomic mass is 16.5. The maximum atomic E-state index is 12.7. The van der Waals surface area contributed by atoms with Crippen molar-refractivity contribution < 1.29 is 19.1 Å². The van der Waals surface area contributed by atoms with Gasteiger partial charge in [0.15, 0.2) is 0 Å². The van der Waals surface area contributed by atoms with E-state index in [9.17, 15) is 14.4 Å². The van der Waals surface area contributed by atoms with Gasteiger partial charge in [0.05, 0.1) is 6.10 Å². The van der Waals surface area contributed by atoms with Gasteiger partial charge in [-0.25, -0.2) is 0 Å². The molecule has 128 valence electrons. The number of rotatable bonds is 4. The van der Waals surface area contributed by atoms with Crippen molar-refractivity contribution in [3.05, 3.63) is 47.5 Å². The van der Waals surface area contributed by atoms with Crippen LogP contribution in [0.15, 0.2) is 36.4 Å². The number of amides is 3. The molecule has 0 unspecified atom stereocenters. The summed E-state index contributed by atoms with van der Waals surface area (Å²) < 4.78 is 5.46. The van der Waals surface area contributed by atoms with Crippen LogP contribution in [0.1, 0.15) is 33.6 Å². The van der Waals surface area contributed by atoms with Gasteiger partial charge in [-0.2, -0.15) is 0 Å². The first-order valence-corrected chi connectivity index (χ1v) is 8.41. The van der Waals surface area contributed by atoms with Crippen LogP contribution in [0.25, 0.3) is 10.8 Å². The Morgan fingerprint density at radius 3 is 2.40 bits per heavy atom. The van der Waals surface area contributed by atoms with Crippen molar-refractivity contribution in [1.29, 1.82) is 0 Å². The standard InChI is InChI=1S/C19H18N2O4/c22-16(20-10-13-6-3-9-25-13)11-21-18(23)14-7-1-4-12-5-2-8-15(17(12)14)19(21)24/h1-2,4-5,7-8,13H,3,6,9-11H2,(H,20,22)/t13-/m0/s1. The Morgan fingerprint density at radius 1 is 1.12 bits per heavy atom. The normalized spacial score (nSPS) is 19.5. The Hall–Kier alpha value is -2.73. The van der Waals surface area contributed by atoms with Crippen LogP contribution >= 0.6 is 0 Å². The molecule has 2 heterocycles. The van der Waals surface area contributed by atoms with E-state index in [1.54, 1.807) is 24.3 Å². The van der Waals surface area contributed by atoms with Gasteiger partial charge < -0.3 is 10.1 Å². The monoisotopic (exact) mass is 338 g/mol. The molecule has 1 N–H and O–H groups in total. The molecular weight excluding hydrogens is 320 g/mol. The highest BCUT2D eigenvalue weighted by Gasteiger charge is 2.33. The van der Waals surface area contributed by atoms with Gasteiger partial charge in [-0.15, -0.1) is 0 Å². The number of hydrogen-bond acceptors (Lipinski definition) is 4. The van der Waals surface area contributed by atoms with E-state index >= 15 is 0 Å². The minimum Gasteiger partial charge on any atom is -0.376 e. The topological polar surface area (TPSA) is 75.7 Å². The van der Waals surface area contributed by atoms with Crippen LogP contribution in [0.5, 0.6) is 0 Å². The molecule has 0 saturated carbocycles. The van der Waals surface area contributed by atoms with Crippen molar-refractivity contribution >= 4 is 28.5 Å². The van der Waals surface area contributed by atoms with Gasteiger partial charge in [-0.3, -0.25) is 19.3 Å². The largest absolute Gasteiger partial charge is 0.376 e. The fraction of sp³-hybridized carbons (Fsp3) is 0.316. The molecule has 1 fully saturated rings. The summed E-state index contributed by atoms with van der Waals surface area (Å²) in [5, 5.41) is 4.26. The van der Waals surface area contributed by atoms with Crippen LogP contribution in [0, 0.1) is 0 Å². The van der Waals surface area contributed by atoms with E-state index in [1.807, 2.05) is 12.1 Å². The second kappa shape index (κ2) is 6.29. The first-order valence-electron chi connectivity index (χ1n) is 8.41. The molecule has 4 rings (SSSR count). The smallest absolute Gasteiger partial charge is 0.261 e. The summed E-state index contributed by atoms with van der Waals surface area (Å²) >= 11 is 0. The number of benzene rings is 2. The molecule has 0 spiro atoms. The van der Waals surface area contributed by atoms with E-state index in [1.165, 1.54) is 0 Å². The summed E-state index contributed by atoms with van der Waals surface area (Å²) in [6.07, 6.45) is 1.92. The first-order chi connectivity index (χ1) is 12.1.